The standard InChI is InChI=1S/C15H13Cl2N3/c1-2-7-19-15-10(9-18)3-6-14(20-15)12-8-11(16)4-5-13(12)17/h3-6,8H,2,7H2,1H3,(H,19,20). The molecule has 0 atom stereocenters. The molecule has 20 heavy (non-hydrogen) atoms. The lowest BCUT2D eigenvalue weighted by molar-refractivity contribution is 0.968. The van der Waals surface area contributed by atoms with Crippen LogP contribution in [0.25, 0.3) is 11.3 Å². The van der Waals surface area contributed by atoms with Gasteiger partial charge in [0, 0.05) is 17.1 Å². The molecule has 1 aromatic heterocycles. The van der Waals surface area contributed by atoms with E-state index in [-0.39, 0.29) is 0 Å². The van der Waals surface area contributed by atoms with Crippen molar-refractivity contribution in [2.75, 3.05) is 11.9 Å². The van der Waals surface area contributed by atoms with E-state index in [9.17, 15) is 0 Å². The van der Waals surface area contributed by atoms with Crippen LogP contribution in [0.15, 0.2) is 30.3 Å². The summed E-state index contributed by atoms with van der Waals surface area (Å²) in [5.74, 6) is 0.572. The molecule has 0 amide bonds. The zero-order chi connectivity index (χ0) is 14.5. The van der Waals surface area contributed by atoms with Crippen LogP contribution in [-0.4, -0.2) is 11.5 Å². The summed E-state index contributed by atoms with van der Waals surface area (Å²) in [7, 11) is 0. The molecule has 2 aromatic rings. The van der Waals surface area contributed by atoms with Crippen molar-refractivity contribution in [3.8, 4) is 17.3 Å². The molecular weight excluding hydrogens is 293 g/mol. The highest BCUT2D eigenvalue weighted by atomic mass is 35.5. The summed E-state index contributed by atoms with van der Waals surface area (Å²) >= 11 is 12.2. The molecule has 0 radical (unpaired) electrons. The van der Waals surface area contributed by atoms with Gasteiger partial charge in [-0.1, -0.05) is 30.1 Å². The van der Waals surface area contributed by atoms with Crippen molar-refractivity contribution in [3.05, 3.63) is 45.9 Å². The number of nitrogens with one attached hydrogen (secondary N) is 1. The van der Waals surface area contributed by atoms with E-state index < -0.39 is 0 Å². The summed E-state index contributed by atoms with van der Waals surface area (Å²) in [6, 6.07) is 10.9. The quantitative estimate of drug-likeness (QED) is 0.886. The molecular formula is C15H13Cl2N3. The van der Waals surface area contributed by atoms with Crippen LogP contribution < -0.4 is 5.32 Å². The monoisotopic (exact) mass is 305 g/mol. The Morgan fingerprint density at radius 3 is 2.75 bits per heavy atom. The number of aromatic nitrogens is 1. The van der Waals surface area contributed by atoms with E-state index in [2.05, 4.69) is 23.3 Å². The maximum absolute atomic E-state index is 9.10. The number of benzene rings is 1. The van der Waals surface area contributed by atoms with E-state index in [0.29, 0.717) is 27.1 Å². The molecule has 0 aliphatic carbocycles. The Morgan fingerprint density at radius 2 is 2.05 bits per heavy atom. The fourth-order valence-corrected chi connectivity index (χ4v) is 2.16. The second kappa shape index (κ2) is 6.60. The van der Waals surface area contributed by atoms with Gasteiger partial charge in [0.15, 0.2) is 0 Å². The molecule has 0 aliphatic heterocycles. The van der Waals surface area contributed by atoms with Crippen molar-refractivity contribution in [1.29, 1.82) is 5.26 Å². The third-order valence-corrected chi connectivity index (χ3v) is 3.33. The van der Waals surface area contributed by atoms with Crippen LogP contribution in [0.2, 0.25) is 10.0 Å². The maximum atomic E-state index is 9.10. The van der Waals surface area contributed by atoms with Crippen molar-refractivity contribution in [1.82, 2.24) is 4.98 Å². The highest BCUT2D eigenvalue weighted by Crippen LogP contribution is 2.30. The number of pyridine rings is 1. The molecule has 0 bridgehead atoms. The van der Waals surface area contributed by atoms with Gasteiger partial charge in [-0.3, -0.25) is 0 Å². The topological polar surface area (TPSA) is 48.7 Å². The summed E-state index contributed by atoms with van der Waals surface area (Å²) in [4.78, 5) is 4.48. The van der Waals surface area contributed by atoms with Crippen LogP contribution in [0.4, 0.5) is 5.82 Å². The number of nitriles is 1. The van der Waals surface area contributed by atoms with E-state index in [4.69, 9.17) is 28.5 Å². The largest absolute Gasteiger partial charge is 0.369 e. The predicted octanol–water partition coefficient (Wildman–Crippen LogP) is 4.75. The van der Waals surface area contributed by atoms with E-state index in [1.807, 2.05) is 0 Å². The molecule has 0 saturated heterocycles. The summed E-state index contributed by atoms with van der Waals surface area (Å²) < 4.78 is 0. The zero-order valence-corrected chi connectivity index (χ0v) is 12.5. The minimum Gasteiger partial charge on any atom is -0.369 e. The fraction of sp³-hybridized carbons (Fsp3) is 0.200. The third kappa shape index (κ3) is 3.22. The molecule has 0 fully saturated rings. The number of anilines is 1. The molecule has 3 nitrogen and oxygen atoms in total. The molecule has 1 heterocycles. The fourth-order valence-electron chi connectivity index (χ4n) is 1.77. The van der Waals surface area contributed by atoms with Crippen LogP contribution in [0.1, 0.15) is 18.9 Å². The second-order valence-electron chi connectivity index (χ2n) is 4.26. The van der Waals surface area contributed by atoms with Crippen molar-refractivity contribution in [2.45, 2.75) is 13.3 Å². The van der Waals surface area contributed by atoms with Gasteiger partial charge in [-0.25, -0.2) is 4.98 Å². The lowest BCUT2D eigenvalue weighted by Gasteiger charge is -2.10. The van der Waals surface area contributed by atoms with Crippen LogP contribution in [0, 0.1) is 11.3 Å². The van der Waals surface area contributed by atoms with Gasteiger partial charge in [0.05, 0.1) is 16.3 Å². The zero-order valence-electron chi connectivity index (χ0n) is 11.0. The summed E-state index contributed by atoms with van der Waals surface area (Å²) in [5, 5.41) is 13.4. The molecule has 0 aliphatic rings. The third-order valence-electron chi connectivity index (χ3n) is 2.76. The first-order valence-electron chi connectivity index (χ1n) is 6.26. The normalized spacial score (nSPS) is 10.1. The second-order valence-corrected chi connectivity index (χ2v) is 5.10. The van der Waals surface area contributed by atoms with E-state index >= 15 is 0 Å². The molecule has 0 spiro atoms. The number of hydrogen-bond acceptors (Lipinski definition) is 3. The van der Waals surface area contributed by atoms with E-state index in [1.54, 1.807) is 30.3 Å². The van der Waals surface area contributed by atoms with Gasteiger partial charge in [-0.15, -0.1) is 0 Å². The molecule has 0 saturated carbocycles. The Balaban J connectivity index is 2.47. The van der Waals surface area contributed by atoms with Crippen molar-refractivity contribution in [2.24, 2.45) is 0 Å². The minimum absolute atomic E-state index is 0.514. The van der Waals surface area contributed by atoms with Crippen LogP contribution in [-0.2, 0) is 0 Å². The van der Waals surface area contributed by atoms with Crippen molar-refractivity contribution >= 4 is 29.0 Å². The van der Waals surface area contributed by atoms with Gasteiger partial charge in [-0.2, -0.15) is 5.26 Å². The van der Waals surface area contributed by atoms with Gasteiger partial charge in [-0.05, 0) is 36.8 Å². The summed E-state index contributed by atoms with van der Waals surface area (Å²) in [6.07, 6.45) is 0.953. The van der Waals surface area contributed by atoms with E-state index in [1.165, 1.54) is 0 Å². The van der Waals surface area contributed by atoms with Crippen molar-refractivity contribution < 1.29 is 0 Å². The number of hydrogen-bond donors (Lipinski definition) is 1. The Kier molecular flexibility index (Phi) is 4.84. The Hall–Kier alpha value is -1.76. The first kappa shape index (κ1) is 14.6. The maximum Gasteiger partial charge on any atom is 0.144 e. The first-order valence-corrected chi connectivity index (χ1v) is 7.01. The van der Waals surface area contributed by atoms with Gasteiger partial charge < -0.3 is 5.32 Å². The van der Waals surface area contributed by atoms with E-state index in [0.717, 1.165) is 18.5 Å². The first-order chi connectivity index (χ1) is 9.65. The van der Waals surface area contributed by atoms with Gasteiger partial charge in [0.2, 0.25) is 0 Å². The number of nitrogens with zero attached hydrogens (tertiary/aromatic N) is 2. The summed E-state index contributed by atoms with van der Waals surface area (Å²) in [6.45, 7) is 2.81. The highest BCUT2D eigenvalue weighted by Gasteiger charge is 2.10. The molecule has 102 valence electrons. The summed E-state index contributed by atoms with van der Waals surface area (Å²) in [5.41, 5.74) is 1.96. The van der Waals surface area contributed by atoms with Gasteiger partial charge in [0.25, 0.3) is 0 Å². The van der Waals surface area contributed by atoms with Gasteiger partial charge in [0.1, 0.15) is 11.9 Å². The molecule has 1 aromatic carbocycles. The number of rotatable bonds is 4. The Labute approximate surface area is 128 Å². The average Bonchev–Trinajstić information content (AvgIpc) is 2.47. The lowest BCUT2D eigenvalue weighted by Crippen LogP contribution is -2.04. The molecule has 5 heteroatoms. The van der Waals surface area contributed by atoms with Crippen LogP contribution in [0.3, 0.4) is 0 Å². The Bertz CT molecular complexity index is 663. The molecule has 2 rings (SSSR count). The highest BCUT2D eigenvalue weighted by molar-refractivity contribution is 6.35. The predicted molar refractivity (Wildman–Crippen MR) is 83.2 cm³/mol. The minimum atomic E-state index is 0.514. The smallest absolute Gasteiger partial charge is 0.144 e. The number of halogens is 2. The van der Waals surface area contributed by atoms with Crippen molar-refractivity contribution in [3.63, 3.8) is 0 Å². The van der Waals surface area contributed by atoms with Crippen LogP contribution >= 0.6 is 23.2 Å². The van der Waals surface area contributed by atoms with Crippen LogP contribution in [0.5, 0.6) is 0 Å². The Morgan fingerprint density at radius 1 is 1.25 bits per heavy atom. The lowest BCUT2D eigenvalue weighted by atomic mass is 10.1. The van der Waals surface area contributed by atoms with Gasteiger partial charge >= 0.3 is 0 Å². The average molecular weight is 306 g/mol. The molecule has 1 N–H and O–H groups in total. The SMILES string of the molecule is CCCNc1nc(-c2cc(Cl)ccc2Cl)ccc1C#N. The molecule has 0 unspecified atom stereocenters.